The summed E-state index contributed by atoms with van der Waals surface area (Å²) >= 11 is 0. The molecule has 1 saturated heterocycles. The molecule has 0 amide bonds. The van der Waals surface area contributed by atoms with Crippen molar-refractivity contribution in [3.63, 3.8) is 0 Å². The number of nitrogens with one attached hydrogen (secondary N) is 1. The average molecular weight is 238 g/mol. The summed E-state index contributed by atoms with van der Waals surface area (Å²) in [5.74, 6) is 0.902. The van der Waals surface area contributed by atoms with Gasteiger partial charge in [0.15, 0.2) is 0 Å². The molecule has 1 aliphatic heterocycles. The molecule has 0 aromatic rings. The summed E-state index contributed by atoms with van der Waals surface area (Å²) in [6, 6.07) is 0. The Labute approximate surface area is 105 Å². The molecule has 0 unspecified atom stereocenters. The Kier molecular flexibility index (Phi) is 3.69. The summed E-state index contributed by atoms with van der Waals surface area (Å²) in [7, 11) is 0. The molecule has 0 aromatic carbocycles. The smallest absolute Gasteiger partial charge is 0.0593 e. The van der Waals surface area contributed by atoms with Crippen molar-refractivity contribution in [2.45, 2.75) is 44.1 Å². The van der Waals surface area contributed by atoms with Gasteiger partial charge >= 0.3 is 0 Å². The fourth-order valence-corrected chi connectivity index (χ4v) is 3.35. The van der Waals surface area contributed by atoms with Crippen LogP contribution in [0.25, 0.3) is 0 Å². The topological polar surface area (TPSA) is 24.5 Å². The van der Waals surface area contributed by atoms with Crippen molar-refractivity contribution in [2.24, 2.45) is 5.92 Å². The largest absolute Gasteiger partial charge is 0.380 e. The first kappa shape index (κ1) is 11.9. The van der Waals surface area contributed by atoms with Crippen molar-refractivity contribution in [1.82, 2.24) is 10.2 Å². The van der Waals surface area contributed by atoms with Crippen LogP contribution < -0.4 is 5.32 Å². The van der Waals surface area contributed by atoms with E-state index in [1.807, 2.05) is 0 Å². The normalized spacial score (nSPS) is 28.9. The van der Waals surface area contributed by atoms with Crippen LogP contribution >= 0.6 is 0 Å². The lowest BCUT2D eigenvalue weighted by atomic mass is 9.94. The maximum Gasteiger partial charge on any atom is 0.0593 e. The number of ether oxygens (including phenoxy) is 1. The van der Waals surface area contributed by atoms with Gasteiger partial charge in [-0.15, -0.1) is 0 Å². The molecular weight excluding hydrogens is 212 g/mol. The minimum atomic E-state index is 0.467. The van der Waals surface area contributed by atoms with Gasteiger partial charge in [0.2, 0.25) is 0 Å². The summed E-state index contributed by atoms with van der Waals surface area (Å²) in [5.41, 5.74) is 0.467. The van der Waals surface area contributed by atoms with Crippen molar-refractivity contribution >= 4 is 0 Å². The van der Waals surface area contributed by atoms with Gasteiger partial charge in [0.05, 0.1) is 6.61 Å². The molecule has 1 spiro atoms. The molecule has 0 atom stereocenters. The van der Waals surface area contributed by atoms with Crippen LogP contribution in [0.3, 0.4) is 0 Å². The van der Waals surface area contributed by atoms with Crippen molar-refractivity contribution in [1.29, 1.82) is 0 Å². The van der Waals surface area contributed by atoms with Gasteiger partial charge in [0.25, 0.3) is 0 Å². The highest BCUT2D eigenvalue weighted by molar-refractivity contribution is 4.98. The molecule has 1 heterocycles. The summed E-state index contributed by atoms with van der Waals surface area (Å²) in [6.07, 6.45) is 8.39. The average Bonchev–Trinajstić information content (AvgIpc) is 3.07. The zero-order valence-electron chi connectivity index (χ0n) is 10.9. The lowest BCUT2D eigenvalue weighted by Crippen LogP contribution is -2.59. The Morgan fingerprint density at radius 1 is 1.24 bits per heavy atom. The van der Waals surface area contributed by atoms with Gasteiger partial charge in [0, 0.05) is 38.3 Å². The van der Waals surface area contributed by atoms with E-state index in [2.05, 4.69) is 10.2 Å². The lowest BCUT2D eigenvalue weighted by Gasteiger charge is -2.41. The molecule has 0 bridgehead atoms. The van der Waals surface area contributed by atoms with Crippen LogP contribution in [0.15, 0.2) is 0 Å². The monoisotopic (exact) mass is 238 g/mol. The molecule has 2 aliphatic carbocycles. The highest BCUT2D eigenvalue weighted by atomic mass is 16.5. The highest BCUT2D eigenvalue weighted by Crippen LogP contribution is 2.32. The van der Waals surface area contributed by atoms with Crippen LogP contribution in [0.1, 0.15) is 38.5 Å². The predicted molar refractivity (Wildman–Crippen MR) is 69.2 cm³/mol. The summed E-state index contributed by atoms with van der Waals surface area (Å²) in [6.45, 7) is 6.71. The van der Waals surface area contributed by atoms with Gasteiger partial charge in [-0.25, -0.2) is 0 Å². The van der Waals surface area contributed by atoms with Crippen LogP contribution in [-0.4, -0.2) is 49.8 Å². The molecule has 3 rings (SSSR count). The SMILES string of the molecule is C1CCC2(C1)CN(CCOCC1CC1)CCN2. The predicted octanol–water partition coefficient (Wildman–Crippen LogP) is 1.63. The molecule has 0 radical (unpaired) electrons. The zero-order chi connectivity index (χ0) is 11.6. The quantitative estimate of drug-likeness (QED) is 0.737. The number of hydrogen-bond acceptors (Lipinski definition) is 3. The molecular formula is C14H26N2O. The van der Waals surface area contributed by atoms with E-state index in [-0.39, 0.29) is 0 Å². The second kappa shape index (κ2) is 5.25. The van der Waals surface area contributed by atoms with Crippen LogP contribution in [0.5, 0.6) is 0 Å². The van der Waals surface area contributed by atoms with Gasteiger partial charge in [-0.1, -0.05) is 12.8 Å². The second-order valence-electron chi connectivity index (χ2n) is 6.21. The van der Waals surface area contributed by atoms with Gasteiger partial charge < -0.3 is 10.1 Å². The Morgan fingerprint density at radius 2 is 2.06 bits per heavy atom. The van der Waals surface area contributed by atoms with E-state index in [0.29, 0.717) is 5.54 Å². The van der Waals surface area contributed by atoms with E-state index in [9.17, 15) is 0 Å². The molecule has 3 heteroatoms. The molecule has 3 aliphatic rings. The number of rotatable bonds is 5. The Morgan fingerprint density at radius 3 is 2.82 bits per heavy atom. The standard InChI is InChI=1S/C14H26N2O/c1-2-6-14(5-1)12-16(8-7-15-14)9-10-17-11-13-3-4-13/h13,15H,1-12H2. The molecule has 2 saturated carbocycles. The molecule has 0 aromatic heterocycles. The van der Waals surface area contributed by atoms with Crippen LogP contribution in [0.4, 0.5) is 0 Å². The first-order valence-electron chi connectivity index (χ1n) is 7.41. The minimum Gasteiger partial charge on any atom is -0.380 e. The first-order chi connectivity index (χ1) is 8.36. The van der Waals surface area contributed by atoms with Gasteiger partial charge in [-0.2, -0.15) is 0 Å². The summed E-state index contributed by atoms with van der Waals surface area (Å²) < 4.78 is 5.75. The number of piperazine rings is 1. The third-order valence-electron chi connectivity index (χ3n) is 4.62. The summed E-state index contributed by atoms with van der Waals surface area (Å²) in [5, 5.41) is 3.76. The summed E-state index contributed by atoms with van der Waals surface area (Å²) in [4.78, 5) is 2.61. The molecule has 98 valence electrons. The molecule has 1 N–H and O–H groups in total. The maximum atomic E-state index is 5.75. The van der Waals surface area contributed by atoms with E-state index in [0.717, 1.165) is 25.7 Å². The van der Waals surface area contributed by atoms with Crippen molar-refractivity contribution in [2.75, 3.05) is 39.4 Å². The Bertz CT molecular complexity index is 247. The third kappa shape index (κ3) is 3.21. The highest BCUT2D eigenvalue weighted by Gasteiger charge is 2.37. The van der Waals surface area contributed by atoms with E-state index in [1.165, 1.54) is 58.2 Å². The molecule has 3 fully saturated rings. The first-order valence-corrected chi connectivity index (χ1v) is 7.41. The van der Waals surface area contributed by atoms with Crippen molar-refractivity contribution < 1.29 is 4.74 Å². The van der Waals surface area contributed by atoms with Crippen LogP contribution in [0, 0.1) is 5.92 Å². The fraction of sp³-hybridized carbons (Fsp3) is 1.00. The van der Waals surface area contributed by atoms with Gasteiger partial charge in [-0.05, 0) is 31.6 Å². The number of nitrogens with zero attached hydrogens (tertiary/aromatic N) is 1. The minimum absolute atomic E-state index is 0.467. The number of hydrogen-bond donors (Lipinski definition) is 1. The zero-order valence-corrected chi connectivity index (χ0v) is 10.9. The third-order valence-corrected chi connectivity index (χ3v) is 4.62. The maximum absolute atomic E-state index is 5.75. The van der Waals surface area contributed by atoms with Gasteiger partial charge in [0.1, 0.15) is 0 Å². The van der Waals surface area contributed by atoms with E-state index < -0.39 is 0 Å². The van der Waals surface area contributed by atoms with Crippen molar-refractivity contribution in [3.8, 4) is 0 Å². The Balaban J connectivity index is 1.37. The molecule has 17 heavy (non-hydrogen) atoms. The van der Waals surface area contributed by atoms with E-state index >= 15 is 0 Å². The molecule has 3 nitrogen and oxygen atoms in total. The Hall–Kier alpha value is -0.120. The second-order valence-corrected chi connectivity index (χ2v) is 6.21. The van der Waals surface area contributed by atoms with Gasteiger partial charge in [-0.3, -0.25) is 4.90 Å². The lowest BCUT2D eigenvalue weighted by molar-refractivity contribution is 0.0692. The van der Waals surface area contributed by atoms with Crippen molar-refractivity contribution in [3.05, 3.63) is 0 Å². The van der Waals surface area contributed by atoms with E-state index in [4.69, 9.17) is 4.74 Å². The van der Waals surface area contributed by atoms with Crippen LogP contribution in [-0.2, 0) is 4.74 Å². The van der Waals surface area contributed by atoms with Crippen LogP contribution in [0.2, 0.25) is 0 Å². The van der Waals surface area contributed by atoms with E-state index in [1.54, 1.807) is 0 Å². The fourth-order valence-electron chi connectivity index (χ4n) is 3.35.